The van der Waals surface area contributed by atoms with Gasteiger partial charge in [-0.2, -0.15) is 5.26 Å². The lowest BCUT2D eigenvalue weighted by atomic mass is 9.85. The highest BCUT2D eigenvalue weighted by Crippen LogP contribution is 2.62. The Hall–Kier alpha value is -3.93. The van der Waals surface area contributed by atoms with Crippen molar-refractivity contribution < 1.29 is 18.7 Å². The molecule has 1 aliphatic carbocycles. The number of hydrogen-bond donors (Lipinski definition) is 2. The number of fused-ring (bicyclic) bond motifs is 1. The van der Waals surface area contributed by atoms with Gasteiger partial charge in [0, 0.05) is 23.3 Å². The van der Waals surface area contributed by atoms with Gasteiger partial charge < -0.3 is 15.8 Å². The number of nitrogens with one attached hydrogen (secondary N) is 1. The summed E-state index contributed by atoms with van der Waals surface area (Å²) in [5.41, 5.74) is 6.32. The van der Waals surface area contributed by atoms with Gasteiger partial charge in [0.2, 0.25) is 11.8 Å². The number of nitriles is 1. The van der Waals surface area contributed by atoms with E-state index in [0.717, 1.165) is 5.56 Å². The summed E-state index contributed by atoms with van der Waals surface area (Å²) in [6, 6.07) is 12.5. The molecule has 3 aliphatic rings. The van der Waals surface area contributed by atoms with Crippen LogP contribution in [0.1, 0.15) is 82.7 Å². The number of ether oxygens (including phenoxy) is 1. The molecule has 1 saturated carbocycles. The number of benzene rings is 2. The summed E-state index contributed by atoms with van der Waals surface area (Å²) in [5, 5.41) is 12.7. The second kappa shape index (κ2) is 9.08. The lowest BCUT2D eigenvalue weighted by Gasteiger charge is -2.41. The van der Waals surface area contributed by atoms with Crippen molar-refractivity contribution in [2.45, 2.75) is 77.1 Å². The van der Waals surface area contributed by atoms with Crippen LogP contribution in [0.2, 0.25) is 0 Å². The fourth-order valence-corrected chi connectivity index (χ4v) is 6.17. The first-order valence-corrected chi connectivity index (χ1v) is 13.2. The zero-order valence-electron chi connectivity index (χ0n) is 22.9. The van der Waals surface area contributed by atoms with Crippen molar-refractivity contribution in [1.82, 2.24) is 10.2 Å². The standard InChI is InChI=1S/C30H34FN5O3/c1-28(2)15-24(37)36(27(33)35-28)25(18-8-6-7-17(11-18)16-32)30(5)13-21(30)26(38)34-22-14-29(3,4)39-23-10-9-19(31)12-20(22)23/h6-12,21-22,25H,13-15H2,1-5H3,(H2,33,35)(H,34,38)/t21?,22?,25?,30-/m0/s1. The molecule has 204 valence electrons. The van der Waals surface area contributed by atoms with Crippen LogP contribution < -0.4 is 15.8 Å². The molecule has 9 heteroatoms. The highest BCUT2D eigenvalue weighted by molar-refractivity contribution is 6.00. The fourth-order valence-electron chi connectivity index (χ4n) is 6.17. The predicted molar refractivity (Wildman–Crippen MR) is 144 cm³/mol. The predicted octanol–water partition coefficient (Wildman–Crippen LogP) is 4.51. The van der Waals surface area contributed by atoms with E-state index in [-0.39, 0.29) is 24.2 Å². The minimum absolute atomic E-state index is 0.103. The third-order valence-corrected chi connectivity index (χ3v) is 8.07. The van der Waals surface area contributed by atoms with Crippen LogP contribution in [0.3, 0.4) is 0 Å². The van der Waals surface area contributed by atoms with Gasteiger partial charge in [0.05, 0.1) is 35.7 Å². The number of nitrogens with two attached hydrogens (primary N) is 1. The number of aliphatic imine (C=N–C) groups is 1. The number of carbonyl (C=O) groups is 2. The van der Waals surface area contributed by atoms with Crippen molar-refractivity contribution in [1.29, 1.82) is 5.26 Å². The molecule has 4 atom stereocenters. The third-order valence-electron chi connectivity index (χ3n) is 8.07. The van der Waals surface area contributed by atoms with E-state index in [9.17, 15) is 19.2 Å². The van der Waals surface area contributed by atoms with Crippen LogP contribution in [-0.2, 0) is 9.59 Å². The summed E-state index contributed by atoms with van der Waals surface area (Å²) in [5.74, 6) is -0.544. The Labute approximate surface area is 228 Å². The molecule has 39 heavy (non-hydrogen) atoms. The van der Waals surface area contributed by atoms with Crippen molar-refractivity contribution in [2.24, 2.45) is 22.1 Å². The maximum Gasteiger partial charge on any atom is 0.232 e. The van der Waals surface area contributed by atoms with E-state index in [1.54, 1.807) is 24.3 Å². The van der Waals surface area contributed by atoms with E-state index in [2.05, 4.69) is 16.4 Å². The SMILES string of the molecule is CC1(C)CC(=O)N(C(c2cccc(C#N)c2)[C@@]2(C)CC2C(=O)NC2CC(C)(C)Oc3ccc(F)cc32)C(N)=N1. The first kappa shape index (κ1) is 26.7. The minimum atomic E-state index is -0.666. The molecule has 0 spiro atoms. The van der Waals surface area contributed by atoms with Crippen LogP contribution in [0.4, 0.5) is 4.39 Å². The Bertz CT molecular complexity index is 1430. The molecular formula is C30H34FN5O3. The molecule has 2 aliphatic heterocycles. The second-order valence-corrected chi connectivity index (χ2v) is 12.4. The molecule has 0 radical (unpaired) electrons. The molecule has 3 N–H and O–H groups in total. The maximum absolute atomic E-state index is 14.1. The summed E-state index contributed by atoms with van der Waals surface area (Å²) in [6.45, 7) is 9.53. The number of rotatable bonds is 5. The average Bonchev–Trinajstić information content (AvgIpc) is 3.53. The van der Waals surface area contributed by atoms with Crippen molar-refractivity contribution in [3.8, 4) is 11.8 Å². The van der Waals surface area contributed by atoms with Gasteiger partial charge in [-0.25, -0.2) is 9.38 Å². The average molecular weight is 532 g/mol. The van der Waals surface area contributed by atoms with Crippen LogP contribution in [0.5, 0.6) is 5.75 Å². The summed E-state index contributed by atoms with van der Waals surface area (Å²) < 4.78 is 20.2. The molecule has 3 unspecified atom stereocenters. The summed E-state index contributed by atoms with van der Waals surface area (Å²) >= 11 is 0. The highest BCUT2D eigenvalue weighted by Gasteiger charge is 2.62. The monoisotopic (exact) mass is 531 g/mol. The number of carbonyl (C=O) groups excluding carboxylic acids is 2. The highest BCUT2D eigenvalue weighted by atomic mass is 19.1. The van der Waals surface area contributed by atoms with E-state index in [0.29, 0.717) is 29.7 Å². The van der Waals surface area contributed by atoms with Gasteiger partial charge in [-0.15, -0.1) is 0 Å². The first-order chi connectivity index (χ1) is 18.2. The Morgan fingerprint density at radius 1 is 1.21 bits per heavy atom. The topological polar surface area (TPSA) is 121 Å². The van der Waals surface area contributed by atoms with E-state index in [4.69, 9.17) is 10.5 Å². The zero-order chi connectivity index (χ0) is 28.3. The van der Waals surface area contributed by atoms with Gasteiger partial charge in [-0.05, 0) is 70.0 Å². The third kappa shape index (κ3) is 4.96. The minimum Gasteiger partial charge on any atom is -0.487 e. The Morgan fingerprint density at radius 3 is 2.64 bits per heavy atom. The van der Waals surface area contributed by atoms with Crippen LogP contribution in [-0.4, -0.2) is 33.8 Å². The zero-order valence-corrected chi connectivity index (χ0v) is 22.9. The largest absolute Gasteiger partial charge is 0.487 e. The summed E-state index contributed by atoms with van der Waals surface area (Å²) in [4.78, 5) is 33.3. The Morgan fingerprint density at radius 2 is 1.95 bits per heavy atom. The Kier molecular flexibility index (Phi) is 6.21. The van der Waals surface area contributed by atoms with Gasteiger partial charge >= 0.3 is 0 Å². The van der Waals surface area contributed by atoms with Crippen LogP contribution in [0, 0.1) is 28.5 Å². The van der Waals surface area contributed by atoms with Gasteiger partial charge in [-0.1, -0.05) is 19.1 Å². The smallest absolute Gasteiger partial charge is 0.232 e. The first-order valence-electron chi connectivity index (χ1n) is 13.2. The van der Waals surface area contributed by atoms with Crippen molar-refractivity contribution in [3.63, 3.8) is 0 Å². The van der Waals surface area contributed by atoms with Gasteiger partial charge in [-0.3, -0.25) is 14.5 Å². The number of nitrogens with zero attached hydrogens (tertiary/aromatic N) is 3. The molecule has 0 saturated heterocycles. The van der Waals surface area contributed by atoms with Gasteiger partial charge in [0.15, 0.2) is 5.96 Å². The second-order valence-electron chi connectivity index (χ2n) is 12.4. The van der Waals surface area contributed by atoms with Crippen molar-refractivity contribution >= 4 is 17.8 Å². The lowest BCUT2D eigenvalue weighted by Crippen LogP contribution is -2.53. The fraction of sp³-hybridized carbons (Fsp3) is 0.467. The van der Waals surface area contributed by atoms with Crippen molar-refractivity contribution in [2.75, 3.05) is 0 Å². The number of amides is 2. The van der Waals surface area contributed by atoms with Crippen LogP contribution in [0.25, 0.3) is 0 Å². The molecule has 8 nitrogen and oxygen atoms in total. The van der Waals surface area contributed by atoms with Gasteiger partial charge in [0.25, 0.3) is 0 Å². The van der Waals surface area contributed by atoms with Crippen molar-refractivity contribution in [3.05, 3.63) is 65.0 Å². The molecule has 2 amide bonds. The summed E-state index contributed by atoms with van der Waals surface area (Å²) in [7, 11) is 0. The molecule has 0 aromatic heterocycles. The molecule has 2 aromatic rings. The van der Waals surface area contributed by atoms with E-state index < -0.39 is 40.4 Å². The van der Waals surface area contributed by atoms with Crippen LogP contribution >= 0.6 is 0 Å². The summed E-state index contributed by atoms with van der Waals surface area (Å²) in [6.07, 6.45) is 1.16. The Balaban J connectivity index is 1.48. The molecule has 2 heterocycles. The number of halogens is 1. The van der Waals surface area contributed by atoms with E-state index in [1.807, 2.05) is 40.7 Å². The normalized spacial score (nSPS) is 27.4. The molecule has 1 fully saturated rings. The quantitative estimate of drug-likeness (QED) is 0.588. The number of hydrogen-bond acceptors (Lipinski definition) is 6. The van der Waals surface area contributed by atoms with E-state index in [1.165, 1.54) is 17.0 Å². The maximum atomic E-state index is 14.1. The number of guanidine groups is 1. The molecule has 2 aromatic carbocycles. The molecule has 5 rings (SSSR count). The van der Waals surface area contributed by atoms with Crippen LogP contribution in [0.15, 0.2) is 47.5 Å². The van der Waals surface area contributed by atoms with Gasteiger partial charge in [0.1, 0.15) is 17.2 Å². The molecule has 0 bridgehead atoms. The lowest BCUT2D eigenvalue weighted by molar-refractivity contribution is -0.133. The molecular weight excluding hydrogens is 497 g/mol. The van der Waals surface area contributed by atoms with E-state index >= 15 is 0 Å².